The average molecular weight is 304 g/mol. The van der Waals surface area contributed by atoms with Crippen molar-refractivity contribution in [2.45, 2.75) is 32.8 Å². The number of pyridine rings is 1. The van der Waals surface area contributed by atoms with E-state index in [1.807, 2.05) is 24.3 Å². The van der Waals surface area contributed by atoms with Crippen LogP contribution in [0.25, 0.3) is 10.9 Å². The first kappa shape index (κ1) is 15.5. The average Bonchev–Trinajstić information content (AvgIpc) is 2.59. The Labute approximate surface area is 138 Å². The van der Waals surface area contributed by atoms with Crippen molar-refractivity contribution in [1.82, 2.24) is 4.98 Å². The molecule has 0 aliphatic rings. The molecule has 1 aromatic heterocycles. The number of nitrogens with zero attached hydrogens (tertiary/aromatic N) is 1. The highest BCUT2D eigenvalue weighted by atomic mass is 16.5. The van der Waals surface area contributed by atoms with Crippen LogP contribution in [-0.4, -0.2) is 4.98 Å². The lowest BCUT2D eigenvalue weighted by molar-refractivity contribution is 0.309. The van der Waals surface area contributed by atoms with Gasteiger partial charge >= 0.3 is 0 Å². The molecule has 23 heavy (non-hydrogen) atoms. The summed E-state index contributed by atoms with van der Waals surface area (Å²) in [5.74, 6) is 0.917. The SMILES string of the molecule is [CH2]c1ccc(COc2cc(CCCC)nc3ccccc23)cc1. The number of para-hydroxylation sites is 1. The van der Waals surface area contributed by atoms with E-state index in [0.717, 1.165) is 46.3 Å². The summed E-state index contributed by atoms with van der Waals surface area (Å²) in [6.07, 6.45) is 3.31. The molecule has 3 aromatic rings. The van der Waals surface area contributed by atoms with Gasteiger partial charge in [0, 0.05) is 17.1 Å². The fourth-order valence-electron chi connectivity index (χ4n) is 2.60. The Kier molecular flexibility index (Phi) is 4.92. The smallest absolute Gasteiger partial charge is 0.131 e. The van der Waals surface area contributed by atoms with Crippen molar-refractivity contribution in [3.8, 4) is 5.75 Å². The molecule has 0 bridgehead atoms. The minimum absolute atomic E-state index is 0.557. The van der Waals surface area contributed by atoms with E-state index in [1.165, 1.54) is 6.42 Å². The quantitative estimate of drug-likeness (QED) is 0.613. The largest absolute Gasteiger partial charge is 0.488 e. The summed E-state index contributed by atoms with van der Waals surface area (Å²) in [7, 11) is 0. The predicted molar refractivity (Wildman–Crippen MR) is 95.6 cm³/mol. The zero-order valence-electron chi connectivity index (χ0n) is 13.6. The van der Waals surface area contributed by atoms with Gasteiger partial charge in [0.1, 0.15) is 12.4 Å². The van der Waals surface area contributed by atoms with Crippen LogP contribution in [0.15, 0.2) is 54.6 Å². The molecule has 0 unspecified atom stereocenters. The molecule has 2 aromatic carbocycles. The fraction of sp³-hybridized carbons (Fsp3) is 0.238. The highest BCUT2D eigenvalue weighted by Crippen LogP contribution is 2.27. The summed E-state index contributed by atoms with van der Waals surface area (Å²) in [6, 6.07) is 18.4. The van der Waals surface area contributed by atoms with Crippen LogP contribution in [0.5, 0.6) is 5.75 Å². The van der Waals surface area contributed by atoms with Crippen molar-refractivity contribution in [3.63, 3.8) is 0 Å². The molecule has 3 rings (SSSR count). The standard InChI is InChI=1S/C21H22NO/c1-3-4-7-18-14-21(19-8-5-6-9-20(19)22-18)23-15-17-12-10-16(2)11-13-17/h5-6,8-14H,2-4,7,15H2,1H3. The van der Waals surface area contributed by atoms with Crippen LogP contribution in [0.3, 0.4) is 0 Å². The number of aryl methyl sites for hydroxylation is 1. The van der Waals surface area contributed by atoms with Crippen LogP contribution in [0.1, 0.15) is 36.6 Å². The van der Waals surface area contributed by atoms with Crippen molar-refractivity contribution in [3.05, 3.63) is 78.3 Å². The van der Waals surface area contributed by atoms with E-state index in [4.69, 9.17) is 9.72 Å². The maximum absolute atomic E-state index is 6.11. The zero-order chi connectivity index (χ0) is 16.1. The Morgan fingerprint density at radius 1 is 1.04 bits per heavy atom. The lowest BCUT2D eigenvalue weighted by Crippen LogP contribution is -1.99. The molecule has 1 radical (unpaired) electrons. The Hall–Kier alpha value is -2.35. The maximum atomic E-state index is 6.11. The number of hydrogen-bond acceptors (Lipinski definition) is 2. The summed E-state index contributed by atoms with van der Waals surface area (Å²) in [4.78, 5) is 4.75. The second kappa shape index (κ2) is 7.28. The topological polar surface area (TPSA) is 22.1 Å². The molecule has 1 heterocycles. The van der Waals surface area contributed by atoms with Gasteiger partial charge in [0.15, 0.2) is 0 Å². The molecule has 2 nitrogen and oxygen atoms in total. The van der Waals surface area contributed by atoms with Crippen molar-refractivity contribution in [2.75, 3.05) is 0 Å². The molecule has 117 valence electrons. The molecule has 0 saturated heterocycles. The van der Waals surface area contributed by atoms with Gasteiger partial charge in [-0.25, -0.2) is 0 Å². The lowest BCUT2D eigenvalue weighted by Gasteiger charge is -2.11. The van der Waals surface area contributed by atoms with Gasteiger partial charge in [-0.05, 0) is 43.0 Å². The van der Waals surface area contributed by atoms with Crippen LogP contribution in [0.4, 0.5) is 0 Å². The molecule has 0 N–H and O–H groups in total. The molecule has 0 atom stereocenters. The summed E-state index contributed by atoms with van der Waals surface area (Å²) in [5, 5.41) is 1.07. The highest BCUT2D eigenvalue weighted by molar-refractivity contribution is 5.85. The first-order chi connectivity index (χ1) is 11.3. The van der Waals surface area contributed by atoms with Gasteiger partial charge in [-0.3, -0.25) is 4.98 Å². The van der Waals surface area contributed by atoms with E-state index < -0.39 is 0 Å². The summed E-state index contributed by atoms with van der Waals surface area (Å²) >= 11 is 0. The number of unbranched alkanes of at least 4 members (excludes halogenated alkanes) is 1. The molecule has 0 fully saturated rings. The number of benzene rings is 2. The van der Waals surface area contributed by atoms with Gasteiger partial charge in [0.05, 0.1) is 5.52 Å². The fourth-order valence-corrected chi connectivity index (χ4v) is 2.60. The Morgan fingerprint density at radius 3 is 2.61 bits per heavy atom. The maximum Gasteiger partial charge on any atom is 0.131 e. The van der Waals surface area contributed by atoms with Gasteiger partial charge in [-0.2, -0.15) is 0 Å². The van der Waals surface area contributed by atoms with E-state index in [0.29, 0.717) is 6.61 Å². The third kappa shape index (κ3) is 3.89. The van der Waals surface area contributed by atoms with E-state index >= 15 is 0 Å². The van der Waals surface area contributed by atoms with Crippen LogP contribution >= 0.6 is 0 Å². The first-order valence-electron chi connectivity index (χ1n) is 8.18. The monoisotopic (exact) mass is 304 g/mol. The molecule has 2 heteroatoms. The third-order valence-electron chi connectivity index (χ3n) is 3.94. The number of fused-ring (bicyclic) bond motifs is 1. The Balaban J connectivity index is 1.86. The van der Waals surface area contributed by atoms with Gasteiger partial charge in [0.2, 0.25) is 0 Å². The zero-order valence-corrected chi connectivity index (χ0v) is 13.6. The van der Waals surface area contributed by atoms with Gasteiger partial charge < -0.3 is 4.74 Å². The van der Waals surface area contributed by atoms with E-state index in [-0.39, 0.29) is 0 Å². The minimum atomic E-state index is 0.557. The van der Waals surface area contributed by atoms with Crippen LogP contribution in [-0.2, 0) is 13.0 Å². The Bertz CT molecular complexity index is 777. The lowest BCUT2D eigenvalue weighted by atomic mass is 10.1. The molecule has 0 spiro atoms. The molecule has 0 amide bonds. The van der Waals surface area contributed by atoms with Gasteiger partial charge in [-0.1, -0.05) is 49.7 Å². The molecular weight excluding hydrogens is 282 g/mol. The van der Waals surface area contributed by atoms with Crippen molar-refractivity contribution < 1.29 is 4.74 Å². The van der Waals surface area contributed by atoms with Crippen LogP contribution < -0.4 is 4.74 Å². The van der Waals surface area contributed by atoms with Crippen molar-refractivity contribution in [2.24, 2.45) is 0 Å². The van der Waals surface area contributed by atoms with Crippen LogP contribution in [0, 0.1) is 6.92 Å². The number of rotatable bonds is 6. The minimum Gasteiger partial charge on any atom is -0.488 e. The van der Waals surface area contributed by atoms with Crippen LogP contribution in [0.2, 0.25) is 0 Å². The number of hydrogen-bond donors (Lipinski definition) is 0. The number of aromatic nitrogens is 1. The van der Waals surface area contributed by atoms with Gasteiger partial charge in [-0.15, -0.1) is 0 Å². The summed E-state index contributed by atoms with van der Waals surface area (Å²) < 4.78 is 6.11. The predicted octanol–water partition coefficient (Wildman–Crippen LogP) is 5.34. The summed E-state index contributed by atoms with van der Waals surface area (Å²) in [5.41, 5.74) is 4.27. The highest BCUT2D eigenvalue weighted by Gasteiger charge is 2.07. The van der Waals surface area contributed by atoms with E-state index in [9.17, 15) is 0 Å². The second-order valence-corrected chi connectivity index (χ2v) is 5.84. The van der Waals surface area contributed by atoms with E-state index in [2.05, 4.69) is 44.2 Å². The molecule has 0 saturated carbocycles. The third-order valence-corrected chi connectivity index (χ3v) is 3.94. The molecule has 0 aliphatic carbocycles. The second-order valence-electron chi connectivity index (χ2n) is 5.84. The first-order valence-corrected chi connectivity index (χ1v) is 8.18. The van der Waals surface area contributed by atoms with Gasteiger partial charge in [0.25, 0.3) is 0 Å². The van der Waals surface area contributed by atoms with Crippen molar-refractivity contribution in [1.29, 1.82) is 0 Å². The normalized spacial score (nSPS) is 10.9. The molecular formula is C21H22NO. The molecule has 0 aliphatic heterocycles. The summed E-state index contributed by atoms with van der Waals surface area (Å²) in [6.45, 7) is 6.67. The number of ether oxygens (including phenoxy) is 1. The van der Waals surface area contributed by atoms with Crippen molar-refractivity contribution >= 4 is 10.9 Å². The Morgan fingerprint density at radius 2 is 1.83 bits per heavy atom. The van der Waals surface area contributed by atoms with E-state index in [1.54, 1.807) is 0 Å².